The first-order valence-electron chi connectivity index (χ1n) is 5.85. The van der Waals surface area contributed by atoms with Gasteiger partial charge in [0.25, 0.3) is 5.69 Å². The van der Waals surface area contributed by atoms with Crippen LogP contribution < -0.4 is 4.74 Å². The summed E-state index contributed by atoms with van der Waals surface area (Å²) in [5.41, 5.74) is -0.113. The van der Waals surface area contributed by atoms with Crippen LogP contribution in [0, 0.1) is 10.1 Å². The number of ether oxygens (including phenoxy) is 1. The van der Waals surface area contributed by atoms with E-state index in [0.29, 0.717) is 10.6 Å². The molecule has 0 aromatic heterocycles. The molecule has 0 spiro atoms. The number of carboxylic acids is 1. The smallest absolute Gasteiger partial charge is 0.336 e. The summed E-state index contributed by atoms with van der Waals surface area (Å²) in [6, 6.07) is 10.7. The molecule has 1 N–H and O–H groups in total. The summed E-state index contributed by atoms with van der Waals surface area (Å²) in [4.78, 5) is 22.5. The van der Waals surface area contributed by atoms with E-state index in [1.54, 1.807) is 31.4 Å². The fourth-order valence-corrected chi connectivity index (χ4v) is 2.63. The minimum Gasteiger partial charge on any atom is -0.497 e. The third-order valence-electron chi connectivity index (χ3n) is 2.69. The Morgan fingerprint density at radius 1 is 1.24 bits per heavy atom. The predicted octanol–water partition coefficient (Wildman–Crippen LogP) is 3.45. The number of hydrogen-bond acceptors (Lipinski definition) is 5. The first kappa shape index (κ1) is 14.9. The van der Waals surface area contributed by atoms with Crippen LogP contribution in [0.25, 0.3) is 0 Å². The maximum atomic E-state index is 11.2. The normalized spacial score (nSPS) is 10.1. The van der Waals surface area contributed by atoms with Crippen molar-refractivity contribution in [2.45, 2.75) is 9.79 Å². The Hall–Kier alpha value is -2.54. The number of hydrogen-bond donors (Lipinski definition) is 1. The van der Waals surface area contributed by atoms with Gasteiger partial charge in [0.15, 0.2) is 0 Å². The van der Waals surface area contributed by atoms with Crippen LogP contribution in [0.3, 0.4) is 0 Å². The number of carboxylic acid groups (broad SMARTS) is 1. The fraction of sp³-hybridized carbons (Fsp3) is 0.0714. The first-order valence-corrected chi connectivity index (χ1v) is 6.66. The lowest BCUT2D eigenvalue weighted by Gasteiger charge is -2.06. The molecule has 0 unspecified atom stereocenters. The third-order valence-corrected chi connectivity index (χ3v) is 3.76. The van der Waals surface area contributed by atoms with Gasteiger partial charge < -0.3 is 9.84 Å². The van der Waals surface area contributed by atoms with Gasteiger partial charge in [0.1, 0.15) is 5.75 Å². The van der Waals surface area contributed by atoms with E-state index in [4.69, 9.17) is 9.84 Å². The molecule has 7 heteroatoms. The second-order valence-corrected chi connectivity index (χ2v) is 5.14. The van der Waals surface area contributed by atoms with Gasteiger partial charge in [-0.2, -0.15) is 0 Å². The zero-order valence-corrected chi connectivity index (χ0v) is 11.8. The minimum atomic E-state index is -1.12. The monoisotopic (exact) mass is 305 g/mol. The SMILES string of the molecule is COc1ccc(Sc2cc([N+](=O)[O-])ccc2C(=O)O)cc1. The van der Waals surface area contributed by atoms with Crippen molar-refractivity contribution in [2.24, 2.45) is 0 Å². The Labute approximate surface area is 124 Å². The highest BCUT2D eigenvalue weighted by atomic mass is 32.2. The van der Waals surface area contributed by atoms with Crippen LogP contribution in [0.15, 0.2) is 52.3 Å². The summed E-state index contributed by atoms with van der Waals surface area (Å²) in [5, 5.41) is 20.0. The van der Waals surface area contributed by atoms with Crippen LogP contribution in [0.2, 0.25) is 0 Å². The lowest BCUT2D eigenvalue weighted by atomic mass is 10.2. The first-order chi connectivity index (χ1) is 10.0. The number of methoxy groups -OCH3 is 1. The van der Waals surface area contributed by atoms with E-state index in [-0.39, 0.29) is 11.3 Å². The van der Waals surface area contributed by atoms with Gasteiger partial charge in [0.2, 0.25) is 0 Å². The topological polar surface area (TPSA) is 89.7 Å². The van der Waals surface area contributed by atoms with E-state index in [1.165, 1.54) is 18.2 Å². The van der Waals surface area contributed by atoms with Crippen molar-refractivity contribution in [2.75, 3.05) is 7.11 Å². The van der Waals surface area contributed by atoms with Crippen molar-refractivity contribution in [3.05, 3.63) is 58.1 Å². The molecule has 0 atom stereocenters. The molecular weight excluding hydrogens is 294 g/mol. The molecule has 2 aromatic rings. The number of rotatable bonds is 5. The van der Waals surface area contributed by atoms with Crippen molar-refractivity contribution < 1.29 is 19.6 Å². The fourth-order valence-electron chi connectivity index (χ4n) is 1.66. The van der Waals surface area contributed by atoms with Crippen molar-refractivity contribution in [1.29, 1.82) is 0 Å². The van der Waals surface area contributed by atoms with Gasteiger partial charge in [0, 0.05) is 21.9 Å². The molecule has 0 amide bonds. The minimum absolute atomic E-state index is 0.0291. The van der Waals surface area contributed by atoms with Crippen LogP contribution in [0.4, 0.5) is 5.69 Å². The zero-order valence-electron chi connectivity index (χ0n) is 11.0. The lowest BCUT2D eigenvalue weighted by molar-refractivity contribution is -0.385. The number of nitro benzene ring substituents is 1. The lowest BCUT2D eigenvalue weighted by Crippen LogP contribution is -2.00. The van der Waals surface area contributed by atoms with Crippen LogP contribution in [0.1, 0.15) is 10.4 Å². The molecule has 0 aliphatic carbocycles. The Balaban J connectivity index is 2.37. The van der Waals surface area contributed by atoms with Crippen LogP contribution >= 0.6 is 11.8 Å². The van der Waals surface area contributed by atoms with Crippen LogP contribution in [0.5, 0.6) is 5.75 Å². The van der Waals surface area contributed by atoms with E-state index in [0.717, 1.165) is 16.7 Å². The van der Waals surface area contributed by atoms with E-state index in [9.17, 15) is 14.9 Å². The second kappa shape index (κ2) is 6.27. The summed E-state index contributed by atoms with van der Waals surface area (Å²) in [6.45, 7) is 0. The number of aromatic carboxylic acids is 1. The van der Waals surface area contributed by atoms with Crippen LogP contribution in [-0.4, -0.2) is 23.1 Å². The van der Waals surface area contributed by atoms with Gasteiger partial charge in [-0.3, -0.25) is 10.1 Å². The molecule has 2 rings (SSSR count). The summed E-state index contributed by atoms with van der Waals surface area (Å²) >= 11 is 1.15. The van der Waals surface area contributed by atoms with Gasteiger partial charge in [-0.25, -0.2) is 4.79 Å². The number of nitro groups is 1. The molecule has 0 saturated heterocycles. The average molecular weight is 305 g/mol. The quantitative estimate of drug-likeness (QED) is 0.672. The zero-order chi connectivity index (χ0) is 15.4. The molecule has 0 aliphatic rings. The molecule has 21 heavy (non-hydrogen) atoms. The van der Waals surface area contributed by atoms with Crippen LogP contribution in [-0.2, 0) is 0 Å². The molecule has 0 fully saturated rings. The van der Waals surface area contributed by atoms with E-state index in [2.05, 4.69) is 0 Å². The highest BCUT2D eigenvalue weighted by Crippen LogP contribution is 2.33. The number of non-ortho nitro benzene ring substituents is 1. The predicted molar refractivity (Wildman–Crippen MR) is 77.2 cm³/mol. The molecule has 0 bridgehead atoms. The van der Waals surface area contributed by atoms with Crippen molar-refractivity contribution in [3.63, 3.8) is 0 Å². The molecule has 0 heterocycles. The van der Waals surface area contributed by atoms with E-state index < -0.39 is 10.9 Å². The van der Waals surface area contributed by atoms with Gasteiger partial charge in [-0.15, -0.1) is 0 Å². The Morgan fingerprint density at radius 3 is 2.43 bits per heavy atom. The van der Waals surface area contributed by atoms with Gasteiger partial charge in [-0.1, -0.05) is 11.8 Å². The van der Waals surface area contributed by atoms with E-state index in [1.807, 2.05) is 0 Å². The van der Waals surface area contributed by atoms with Gasteiger partial charge in [0.05, 0.1) is 17.6 Å². The van der Waals surface area contributed by atoms with E-state index >= 15 is 0 Å². The number of benzene rings is 2. The highest BCUT2D eigenvalue weighted by molar-refractivity contribution is 7.99. The molecular formula is C14H11NO5S. The molecule has 0 radical (unpaired) electrons. The van der Waals surface area contributed by atoms with Crippen molar-refractivity contribution in [1.82, 2.24) is 0 Å². The summed E-state index contributed by atoms with van der Waals surface area (Å²) in [6.07, 6.45) is 0. The molecule has 108 valence electrons. The third kappa shape index (κ3) is 3.51. The highest BCUT2D eigenvalue weighted by Gasteiger charge is 2.16. The number of carbonyl (C=O) groups is 1. The Kier molecular flexibility index (Phi) is 4.44. The molecule has 2 aromatic carbocycles. The molecule has 0 saturated carbocycles. The van der Waals surface area contributed by atoms with Crippen molar-refractivity contribution >= 4 is 23.4 Å². The standard InChI is InChI=1S/C14H11NO5S/c1-20-10-3-5-11(6-4-10)21-13-8-9(15(18)19)2-7-12(13)14(16)17/h2-8H,1H3,(H,16,17). The largest absolute Gasteiger partial charge is 0.497 e. The summed E-state index contributed by atoms with van der Waals surface area (Å²) < 4.78 is 5.04. The maximum absolute atomic E-state index is 11.2. The average Bonchev–Trinajstić information content (AvgIpc) is 2.47. The van der Waals surface area contributed by atoms with Crippen molar-refractivity contribution in [3.8, 4) is 5.75 Å². The summed E-state index contributed by atoms with van der Waals surface area (Å²) in [7, 11) is 1.55. The van der Waals surface area contributed by atoms with Gasteiger partial charge >= 0.3 is 5.97 Å². The van der Waals surface area contributed by atoms with Gasteiger partial charge in [-0.05, 0) is 30.3 Å². The molecule has 6 nitrogen and oxygen atoms in total. The number of nitrogens with zero attached hydrogens (tertiary/aromatic N) is 1. The second-order valence-electron chi connectivity index (χ2n) is 4.02. The Bertz CT molecular complexity index is 684. The maximum Gasteiger partial charge on any atom is 0.336 e. The summed E-state index contributed by atoms with van der Waals surface area (Å²) in [5.74, 6) is -0.447. The Morgan fingerprint density at radius 2 is 1.90 bits per heavy atom. The molecule has 0 aliphatic heterocycles.